The third-order valence-corrected chi connectivity index (χ3v) is 3.07. The van der Waals surface area contributed by atoms with E-state index in [9.17, 15) is 31.1 Å². The molecule has 1 rings (SSSR count). The molecule has 0 aliphatic carbocycles. The molecule has 0 amide bonds. The fraction of sp³-hybridized carbons (Fsp3) is 0.412. The number of carboxylic acid groups (broad SMARTS) is 1. The Kier molecular flexibility index (Phi) is 11.7. The third-order valence-electron chi connectivity index (χ3n) is 3.07. The van der Waals surface area contributed by atoms with E-state index in [0.717, 1.165) is 12.5 Å². The predicted molar refractivity (Wildman–Crippen MR) is 81.9 cm³/mol. The summed E-state index contributed by atoms with van der Waals surface area (Å²) in [5.74, 6) is -3.05. The van der Waals surface area contributed by atoms with Crippen molar-refractivity contribution in [2.45, 2.75) is 44.5 Å². The molecule has 1 atom stereocenters. The van der Waals surface area contributed by atoms with Gasteiger partial charge in [-0.2, -0.15) is 32.8 Å². The number of rotatable bonds is 5. The molecule has 0 aliphatic heterocycles. The number of benzene rings is 1. The van der Waals surface area contributed by atoms with Gasteiger partial charge in [-0.25, -0.2) is 0 Å². The Bertz CT molecular complexity index is 547. The number of hydrogen-bond donors (Lipinski definition) is 1. The van der Waals surface area contributed by atoms with Crippen LogP contribution in [0.25, 0.3) is 0 Å². The van der Waals surface area contributed by atoms with Crippen LogP contribution >= 0.6 is 0 Å². The summed E-state index contributed by atoms with van der Waals surface area (Å²) in [6.45, 7) is 8.97. The maximum Gasteiger partial charge on any atom is 1.00 e. The van der Waals surface area contributed by atoms with Gasteiger partial charge in [0.2, 0.25) is 0 Å². The first-order valence-corrected chi connectivity index (χ1v) is 7.30. The van der Waals surface area contributed by atoms with E-state index in [4.69, 9.17) is 5.11 Å². The van der Waals surface area contributed by atoms with Crippen molar-refractivity contribution in [3.8, 4) is 0 Å². The molecule has 2 nitrogen and oxygen atoms in total. The molecule has 0 saturated heterocycles. The number of unbranched alkanes of at least 4 members (excludes halogenated alkanes) is 1. The van der Waals surface area contributed by atoms with Crippen molar-refractivity contribution in [1.82, 2.24) is 0 Å². The second kappa shape index (κ2) is 11.3. The minimum absolute atomic E-state index is 0. The van der Waals surface area contributed by atoms with Crippen molar-refractivity contribution >= 4 is 5.97 Å². The zero-order valence-corrected chi connectivity index (χ0v) is 14.5. The predicted octanol–water partition coefficient (Wildman–Crippen LogP) is 3.09. The van der Waals surface area contributed by atoms with E-state index in [0.29, 0.717) is 12.1 Å². The van der Waals surface area contributed by atoms with Gasteiger partial charge in [0.15, 0.2) is 0 Å². The number of aliphatic carboxylic acids is 1. The maximum atomic E-state index is 12.7. The standard InChI is InChI=1S/C13H10F6O2.C4H9.Li/c1-2-3-10(11(20)21)7-4-8(12(14,15)16)6-9(5-7)13(17,18)19;1-3-4-2;/h2,4-6,10H,1,3H2,(H,20,21);1,3-4H2,2H3;/q;-1;+1. The molecule has 0 fully saturated rings. The topological polar surface area (TPSA) is 37.3 Å². The maximum absolute atomic E-state index is 12.7. The summed E-state index contributed by atoms with van der Waals surface area (Å²) in [5.41, 5.74) is -3.64. The molecule has 0 saturated carbocycles. The van der Waals surface area contributed by atoms with E-state index < -0.39 is 40.9 Å². The van der Waals surface area contributed by atoms with Crippen LogP contribution in [0.3, 0.4) is 0 Å². The van der Waals surface area contributed by atoms with Gasteiger partial charge in [-0.3, -0.25) is 4.79 Å². The molecule has 1 aromatic rings. The zero-order valence-electron chi connectivity index (χ0n) is 14.5. The summed E-state index contributed by atoms with van der Waals surface area (Å²) < 4.78 is 75.9. The van der Waals surface area contributed by atoms with Gasteiger partial charge in [0.05, 0.1) is 17.0 Å². The molecule has 0 bridgehead atoms. The van der Waals surface area contributed by atoms with Crippen LogP contribution in [-0.4, -0.2) is 11.1 Å². The zero-order chi connectivity index (χ0) is 19.8. The van der Waals surface area contributed by atoms with Gasteiger partial charge in [-0.1, -0.05) is 19.4 Å². The molecule has 26 heavy (non-hydrogen) atoms. The van der Waals surface area contributed by atoms with Crippen molar-refractivity contribution in [2.75, 3.05) is 0 Å². The Morgan fingerprint density at radius 3 is 1.77 bits per heavy atom. The van der Waals surface area contributed by atoms with Gasteiger partial charge in [-0.05, 0) is 30.2 Å². The van der Waals surface area contributed by atoms with Crippen LogP contribution in [0.4, 0.5) is 26.3 Å². The van der Waals surface area contributed by atoms with Crippen LogP contribution in [0.5, 0.6) is 0 Å². The number of alkyl halides is 6. The Morgan fingerprint density at radius 2 is 1.54 bits per heavy atom. The van der Waals surface area contributed by atoms with Gasteiger partial charge in [0.1, 0.15) is 0 Å². The molecule has 0 aliphatic rings. The fourth-order valence-corrected chi connectivity index (χ4v) is 1.73. The number of carboxylic acids is 1. The molecule has 0 radical (unpaired) electrons. The van der Waals surface area contributed by atoms with Crippen molar-refractivity contribution in [2.24, 2.45) is 0 Å². The van der Waals surface area contributed by atoms with Crippen LogP contribution in [0, 0.1) is 6.92 Å². The number of carbonyl (C=O) groups is 1. The van der Waals surface area contributed by atoms with E-state index in [1.165, 1.54) is 6.42 Å². The smallest absolute Gasteiger partial charge is 0.481 e. The van der Waals surface area contributed by atoms with Crippen LogP contribution in [0.15, 0.2) is 30.9 Å². The average Bonchev–Trinajstić information content (AvgIpc) is 2.50. The minimum atomic E-state index is -5.01. The summed E-state index contributed by atoms with van der Waals surface area (Å²) in [6, 6.07) is 0.783. The second-order valence-electron chi connectivity index (χ2n) is 5.11. The Labute approximate surface area is 160 Å². The molecule has 9 heteroatoms. The van der Waals surface area contributed by atoms with Gasteiger partial charge >= 0.3 is 37.2 Å². The van der Waals surface area contributed by atoms with Crippen LogP contribution < -0.4 is 18.9 Å². The van der Waals surface area contributed by atoms with Gasteiger partial charge in [-0.15, -0.1) is 6.58 Å². The minimum Gasteiger partial charge on any atom is -0.481 e. The van der Waals surface area contributed by atoms with Crippen LogP contribution in [-0.2, 0) is 17.1 Å². The van der Waals surface area contributed by atoms with E-state index in [-0.39, 0.29) is 31.3 Å². The van der Waals surface area contributed by atoms with E-state index in [1.807, 2.05) is 0 Å². The number of hydrogen-bond acceptors (Lipinski definition) is 1. The Balaban J connectivity index is 0. The largest absolute Gasteiger partial charge is 1.00 e. The molecule has 1 aromatic carbocycles. The van der Waals surface area contributed by atoms with E-state index in [2.05, 4.69) is 20.4 Å². The SMILES string of the molecule is C=CCC(C(=O)O)c1cc(C(F)(F)F)cc(C(F)(F)F)c1.[CH2-]CCC.[Li+]. The summed E-state index contributed by atoms with van der Waals surface area (Å²) in [4.78, 5) is 11.0. The van der Waals surface area contributed by atoms with Crippen molar-refractivity contribution < 1.29 is 55.1 Å². The molecule has 1 N–H and O–H groups in total. The molecule has 0 spiro atoms. The van der Waals surface area contributed by atoms with Crippen molar-refractivity contribution in [3.05, 3.63) is 54.5 Å². The van der Waals surface area contributed by atoms with Crippen molar-refractivity contribution in [1.29, 1.82) is 0 Å². The monoisotopic (exact) mass is 376 g/mol. The van der Waals surface area contributed by atoms with E-state index in [1.54, 1.807) is 0 Å². The Morgan fingerprint density at radius 1 is 1.15 bits per heavy atom. The summed E-state index contributed by atoms with van der Waals surface area (Å²) >= 11 is 0. The Hall–Kier alpha value is -1.39. The van der Waals surface area contributed by atoms with Crippen LogP contribution in [0.1, 0.15) is 48.8 Å². The molecule has 142 valence electrons. The first-order chi connectivity index (χ1) is 11.4. The number of halogens is 6. The first-order valence-electron chi connectivity index (χ1n) is 7.30. The number of allylic oxidation sites excluding steroid dienone is 1. The van der Waals surface area contributed by atoms with Crippen molar-refractivity contribution in [3.63, 3.8) is 0 Å². The van der Waals surface area contributed by atoms with Crippen LogP contribution in [0.2, 0.25) is 0 Å². The molecule has 0 heterocycles. The summed E-state index contributed by atoms with van der Waals surface area (Å²) in [7, 11) is 0. The molecule has 0 aromatic heterocycles. The fourth-order valence-electron chi connectivity index (χ4n) is 1.73. The van der Waals surface area contributed by atoms with Gasteiger partial charge in [0, 0.05) is 0 Å². The van der Waals surface area contributed by atoms with Gasteiger partial charge < -0.3 is 12.0 Å². The third kappa shape index (κ3) is 8.81. The quantitative estimate of drug-likeness (QED) is 0.371. The summed E-state index contributed by atoms with van der Waals surface area (Å²) in [6.07, 6.45) is -6.90. The summed E-state index contributed by atoms with van der Waals surface area (Å²) in [5, 5.41) is 8.93. The van der Waals surface area contributed by atoms with E-state index >= 15 is 0 Å². The molecule has 1 unspecified atom stereocenters. The first kappa shape index (κ1) is 26.8. The average molecular weight is 376 g/mol. The second-order valence-corrected chi connectivity index (χ2v) is 5.11. The normalized spacial score (nSPS) is 12.3. The molecular formula is C17H19F6LiO2. The molecular weight excluding hydrogens is 357 g/mol. The van der Waals surface area contributed by atoms with Gasteiger partial charge in [0.25, 0.3) is 0 Å².